The maximum Gasteiger partial charge on any atom is 0.110 e. The van der Waals surface area contributed by atoms with E-state index in [0.29, 0.717) is 13.0 Å². The first kappa shape index (κ1) is 18.1. The van der Waals surface area contributed by atoms with Crippen LogP contribution in [0.5, 0.6) is 0 Å². The number of hydrogen-bond acceptors (Lipinski definition) is 6. The van der Waals surface area contributed by atoms with Gasteiger partial charge < -0.3 is 30.3 Å². The van der Waals surface area contributed by atoms with Crippen LogP contribution >= 0.6 is 0 Å². The van der Waals surface area contributed by atoms with Crippen LogP contribution in [0.1, 0.15) is 20.3 Å². The molecule has 16 heavy (non-hydrogen) atoms. The molecule has 0 fully saturated rings. The van der Waals surface area contributed by atoms with Gasteiger partial charge in [-0.1, -0.05) is 6.92 Å². The monoisotopic (exact) mass is 240 g/mol. The molecule has 0 aromatic rings. The molecular formula is C10H24O6. The van der Waals surface area contributed by atoms with Gasteiger partial charge in [-0.15, -0.1) is 0 Å². The van der Waals surface area contributed by atoms with E-state index in [0.717, 1.165) is 0 Å². The second kappa shape index (κ2) is 11.3. The first-order chi connectivity index (χ1) is 7.53. The molecule has 6 heteroatoms. The lowest BCUT2D eigenvalue weighted by atomic mass is 10.0. The van der Waals surface area contributed by atoms with Crippen molar-refractivity contribution < 1.29 is 30.3 Å². The average molecular weight is 240 g/mol. The van der Waals surface area contributed by atoms with E-state index in [1.807, 2.05) is 6.92 Å². The Morgan fingerprint density at radius 1 is 1.00 bits per heavy atom. The topological polar surface area (TPSA) is 110 Å². The zero-order chi connectivity index (χ0) is 13.0. The summed E-state index contributed by atoms with van der Waals surface area (Å²) in [6.45, 7) is 3.09. The first-order valence-electron chi connectivity index (χ1n) is 5.30. The Hall–Kier alpha value is -0.240. The van der Waals surface area contributed by atoms with Crippen molar-refractivity contribution >= 4 is 0 Å². The third-order valence-electron chi connectivity index (χ3n) is 2.06. The molecule has 5 N–H and O–H groups in total. The Balaban J connectivity index is 0. The highest BCUT2D eigenvalue weighted by atomic mass is 16.5. The number of aliphatic hydroxyl groups excluding tert-OH is 4. The highest BCUT2D eigenvalue weighted by Gasteiger charge is 2.21. The summed E-state index contributed by atoms with van der Waals surface area (Å²) in [5, 5.41) is 42.4. The standard InChI is InChI=1S/2C5H12O3/c1-2-8-5(3-6)4-7;1-2-5(8,3-6)4-7/h5-7H,2-4H2,1H3;6-8H,2-4H2,1H3. The molecule has 0 spiro atoms. The molecule has 0 bridgehead atoms. The second-order valence-corrected chi connectivity index (χ2v) is 3.34. The van der Waals surface area contributed by atoms with E-state index in [1.54, 1.807) is 6.92 Å². The van der Waals surface area contributed by atoms with Crippen LogP contribution in [0.2, 0.25) is 0 Å². The molecule has 0 rings (SSSR count). The molecule has 0 aliphatic heterocycles. The summed E-state index contributed by atoms with van der Waals surface area (Å²) < 4.78 is 4.84. The van der Waals surface area contributed by atoms with Crippen LogP contribution < -0.4 is 0 Å². The highest BCUT2D eigenvalue weighted by Crippen LogP contribution is 2.05. The molecule has 0 amide bonds. The summed E-state index contributed by atoms with van der Waals surface area (Å²) >= 11 is 0. The second-order valence-electron chi connectivity index (χ2n) is 3.34. The number of ether oxygens (including phenoxy) is 1. The van der Waals surface area contributed by atoms with Gasteiger partial charge >= 0.3 is 0 Å². The molecule has 0 heterocycles. The van der Waals surface area contributed by atoms with Gasteiger partial charge in [0, 0.05) is 6.61 Å². The summed E-state index contributed by atoms with van der Waals surface area (Å²) in [6, 6.07) is 0. The van der Waals surface area contributed by atoms with Gasteiger partial charge in [0.1, 0.15) is 11.7 Å². The van der Waals surface area contributed by atoms with Gasteiger partial charge in [0.2, 0.25) is 0 Å². The van der Waals surface area contributed by atoms with Crippen LogP contribution in [0.4, 0.5) is 0 Å². The molecule has 0 atom stereocenters. The predicted molar refractivity (Wildman–Crippen MR) is 59.0 cm³/mol. The minimum atomic E-state index is -1.26. The van der Waals surface area contributed by atoms with Gasteiger partial charge in [0.05, 0.1) is 26.4 Å². The average Bonchev–Trinajstić information content (AvgIpc) is 2.35. The van der Waals surface area contributed by atoms with Crippen LogP contribution in [0.15, 0.2) is 0 Å². The maximum atomic E-state index is 8.94. The molecule has 0 saturated heterocycles. The lowest BCUT2D eigenvalue weighted by Crippen LogP contribution is -2.36. The molecule has 0 radical (unpaired) electrons. The summed E-state index contributed by atoms with van der Waals surface area (Å²) in [5.74, 6) is 0. The molecular weight excluding hydrogens is 216 g/mol. The van der Waals surface area contributed by atoms with Gasteiger partial charge in [-0.2, -0.15) is 0 Å². The van der Waals surface area contributed by atoms with E-state index in [1.165, 1.54) is 0 Å². The van der Waals surface area contributed by atoms with Gasteiger partial charge in [-0.05, 0) is 13.3 Å². The van der Waals surface area contributed by atoms with E-state index in [4.69, 9.17) is 30.3 Å². The Kier molecular flexibility index (Phi) is 12.8. The zero-order valence-corrected chi connectivity index (χ0v) is 9.96. The van der Waals surface area contributed by atoms with Crippen LogP contribution in [0, 0.1) is 0 Å². The van der Waals surface area contributed by atoms with Crippen molar-refractivity contribution in [2.24, 2.45) is 0 Å². The minimum absolute atomic E-state index is 0.107. The molecule has 0 unspecified atom stereocenters. The van der Waals surface area contributed by atoms with Crippen molar-refractivity contribution in [3.8, 4) is 0 Å². The third kappa shape index (κ3) is 9.02. The normalized spacial score (nSPS) is 11.2. The van der Waals surface area contributed by atoms with Crippen molar-refractivity contribution in [3.05, 3.63) is 0 Å². The number of aliphatic hydroxyl groups is 5. The zero-order valence-electron chi connectivity index (χ0n) is 9.96. The van der Waals surface area contributed by atoms with Gasteiger partial charge in [0.15, 0.2) is 0 Å². The smallest absolute Gasteiger partial charge is 0.110 e. The summed E-state index contributed by atoms with van der Waals surface area (Å²) in [5.41, 5.74) is -1.26. The van der Waals surface area contributed by atoms with Crippen molar-refractivity contribution in [1.82, 2.24) is 0 Å². The van der Waals surface area contributed by atoms with Crippen molar-refractivity contribution in [2.75, 3.05) is 33.0 Å². The fraction of sp³-hybridized carbons (Fsp3) is 1.00. The van der Waals surface area contributed by atoms with Gasteiger partial charge in [-0.3, -0.25) is 0 Å². The summed E-state index contributed by atoms with van der Waals surface area (Å²) in [6.07, 6.45) is -0.0139. The van der Waals surface area contributed by atoms with Gasteiger partial charge in [-0.25, -0.2) is 0 Å². The van der Waals surface area contributed by atoms with Gasteiger partial charge in [0.25, 0.3) is 0 Å². The highest BCUT2D eigenvalue weighted by molar-refractivity contribution is 4.72. The number of hydrogen-bond donors (Lipinski definition) is 5. The Bertz CT molecular complexity index is 125. The van der Waals surface area contributed by atoms with Crippen molar-refractivity contribution in [2.45, 2.75) is 32.0 Å². The van der Waals surface area contributed by atoms with Crippen LogP contribution in [-0.2, 0) is 4.74 Å². The molecule has 0 aliphatic rings. The molecule has 100 valence electrons. The van der Waals surface area contributed by atoms with Crippen LogP contribution in [-0.4, -0.2) is 70.3 Å². The molecule has 0 aromatic heterocycles. The molecule has 6 nitrogen and oxygen atoms in total. The van der Waals surface area contributed by atoms with Crippen LogP contribution in [0.25, 0.3) is 0 Å². The third-order valence-corrected chi connectivity index (χ3v) is 2.06. The summed E-state index contributed by atoms with van der Waals surface area (Å²) in [4.78, 5) is 0. The Morgan fingerprint density at radius 3 is 1.50 bits per heavy atom. The minimum Gasteiger partial charge on any atom is -0.394 e. The summed E-state index contributed by atoms with van der Waals surface area (Å²) in [7, 11) is 0. The fourth-order valence-corrected chi connectivity index (χ4v) is 0.672. The lowest BCUT2D eigenvalue weighted by molar-refractivity contribution is -0.0568. The maximum absolute atomic E-state index is 8.94. The van der Waals surface area contributed by atoms with E-state index >= 15 is 0 Å². The van der Waals surface area contributed by atoms with Crippen LogP contribution in [0.3, 0.4) is 0 Å². The quantitative estimate of drug-likeness (QED) is 0.370. The van der Waals surface area contributed by atoms with E-state index < -0.39 is 5.60 Å². The van der Waals surface area contributed by atoms with E-state index in [9.17, 15) is 0 Å². The lowest BCUT2D eigenvalue weighted by Gasteiger charge is -2.19. The Labute approximate surface area is 96.1 Å². The molecule has 0 aliphatic carbocycles. The predicted octanol–water partition coefficient (Wildman–Crippen LogP) is -1.51. The number of rotatable bonds is 7. The Morgan fingerprint density at radius 2 is 1.44 bits per heavy atom. The molecule has 0 saturated carbocycles. The first-order valence-corrected chi connectivity index (χ1v) is 5.30. The van der Waals surface area contributed by atoms with Crippen molar-refractivity contribution in [3.63, 3.8) is 0 Å². The fourth-order valence-electron chi connectivity index (χ4n) is 0.672. The van der Waals surface area contributed by atoms with E-state index in [2.05, 4.69) is 0 Å². The van der Waals surface area contributed by atoms with E-state index in [-0.39, 0.29) is 32.5 Å². The largest absolute Gasteiger partial charge is 0.394 e. The SMILES string of the molecule is CCC(O)(CO)CO.CCOC(CO)CO. The molecule has 0 aromatic carbocycles. The van der Waals surface area contributed by atoms with Crippen molar-refractivity contribution in [1.29, 1.82) is 0 Å².